The number of unbranched alkanes of at least 4 members (excludes halogenated alkanes) is 3. The van der Waals surface area contributed by atoms with Gasteiger partial charge in [0.1, 0.15) is 13.6 Å². The third-order valence-electron chi connectivity index (χ3n) is 3.72. The fraction of sp³-hybridized carbons (Fsp3) is 0.350. The molecule has 2 aromatic rings. The number of ether oxygens (including phenoxy) is 2. The van der Waals surface area contributed by atoms with Crippen LogP contribution in [-0.4, -0.2) is 27.0 Å². The van der Waals surface area contributed by atoms with Gasteiger partial charge in [-0.05, 0) is 55.5 Å². The number of hydrogen-bond donors (Lipinski definition) is 0. The molecular weight excluding hydrogens is 299 g/mol. The first-order valence-electron chi connectivity index (χ1n) is 8.31. The van der Waals surface area contributed by atoms with E-state index < -0.39 is 0 Å². The maximum absolute atomic E-state index is 11.2. The van der Waals surface area contributed by atoms with Gasteiger partial charge in [-0.15, -0.1) is 0 Å². The highest BCUT2D eigenvalue weighted by Gasteiger charge is 2.02. The summed E-state index contributed by atoms with van der Waals surface area (Å²) in [5, 5.41) is 2.24. The van der Waals surface area contributed by atoms with Gasteiger partial charge in [-0.3, -0.25) is 0 Å². The molecule has 0 N–H and O–H groups in total. The molecule has 3 nitrogen and oxygen atoms in total. The molecule has 0 aliphatic carbocycles. The second-order valence-corrected chi connectivity index (χ2v) is 5.95. The van der Waals surface area contributed by atoms with Gasteiger partial charge in [0.05, 0.1) is 13.2 Å². The van der Waals surface area contributed by atoms with Crippen LogP contribution in [0.3, 0.4) is 0 Å². The normalized spacial score (nSPS) is 10.5. The Morgan fingerprint density at radius 2 is 1.67 bits per heavy atom. The third-order valence-corrected chi connectivity index (χ3v) is 3.72. The number of esters is 1. The number of carbonyl (C=O) groups is 1. The molecular formula is C20H23BO3. The van der Waals surface area contributed by atoms with Crippen molar-refractivity contribution in [3.8, 4) is 5.75 Å². The summed E-state index contributed by atoms with van der Waals surface area (Å²) in [7, 11) is 5.78. The van der Waals surface area contributed by atoms with Crippen molar-refractivity contribution in [2.24, 2.45) is 0 Å². The monoisotopic (exact) mass is 322 g/mol. The van der Waals surface area contributed by atoms with E-state index in [4.69, 9.17) is 17.3 Å². The highest BCUT2D eigenvalue weighted by atomic mass is 16.5. The highest BCUT2D eigenvalue weighted by Crippen LogP contribution is 2.20. The van der Waals surface area contributed by atoms with Crippen LogP contribution in [0.25, 0.3) is 10.8 Å². The molecule has 2 aromatic carbocycles. The molecule has 0 aliphatic rings. The van der Waals surface area contributed by atoms with Crippen LogP contribution >= 0.6 is 0 Å². The van der Waals surface area contributed by atoms with Gasteiger partial charge in [-0.25, -0.2) is 4.79 Å². The largest absolute Gasteiger partial charge is 0.494 e. The van der Waals surface area contributed by atoms with Gasteiger partial charge in [-0.2, -0.15) is 0 Å². The van der Waals surface area contributed by atoms with Crippen LogP contribution < -0.4 is 10.2 Å². The van der Waals surface area contributed by atoms with Crippen molar-refractivity contribution in [3.05, 3.63) is 48.6 Å². The van der Waals surface area contributed by atoms with Crippen molar-refractivity contribution in [1.82, 2.24) is 0 Å². The van der Waals surface area contributed by atoms with E-state index in [0.717, 1.165) is 47.7 Å². The summed E-state index contributed by atoms with van der Waals surface area (Å²) in [5.41, 5.74) is 1.21. The SMILES string of the molecule is [B]c1ccc2cc(OCCCCCCOC(=O)C(=C)C)ccc2c1. The fourth-order valence-corrected chi connectivity index (χ4v) is 2.37. The lowest BCUT2D eigenvalue weighted by Crippen LogP contribution is -2.06. The van der Waals surface area contributed by atoms with Crippen LogP contribution in [0.2, 0.25) is 0 Å². The molecule has 2 radical (unpaired) electrons. The van der Waals surface area contributed by atoms with Crippen LogP contribution in [0.4, 0.5) is 0 Å². The summed E-state index contributed by atoms with van der Waals surface area (Å²) < 4.78 is 10.8. The minimum atomic E-state index is -0.309. The fourth-order valence-electron chi connectivity index (χ4n) is 2.37. The second kappa shape index (κ2) is 9.16. The Balaban J connectivity index is 1.62. The van der Waals surface area contributed by atoms with E-state index in [2.05, 4.69) is 6.58 Å². The van der Waals surface area contributed by atoms with Gasteiger partial charge < -0.3 is 9.47 Å². The van der Waals surface area contributed by atoms with Crippen molar-refractivity contribution >= 4 is 30.1 Å². The van der Waals surface area contributed by atoms with Gasteiger partial charge in [0.2, 0.25) is 0 Å². The molecule has 24 heavy (non-hydrogen) atoms. The predicted molar refractivity (Wildman–Crippen MR) is 99.1 cm³/mol. The van der Waals surface area contributed by atoms with Gasteiger partial charge in [0.25, 0.3) is 0 Å². The molecule has 0 aromatic heterocycles. The summed E-state index contributed by atoms with van der Waals surface area (Å²) in [5.74, 6) is 0.569. The van der Waals surface area contributed by atoms with Crippen molar-refractivity contribution in [2.75, 3.05) is 13.2 Å². The Morgan fingerprint density at radius 1 is 1.00 bits per heavy atom. The molecule has 0 unspecified atom stereocenters. The lowest BCUT2D eigenvalue weighted by Gasteiger charge is -2.08. The van der Waals surface area contributed by atoms with Crippen molar-refractivity contribution < 1.29 is 14.3 Å². The zero-order chi connectivity index (χ0) is 17.4. The van der Waals surface area contributed by atoms with Crippen LogP contribution in [0.15, 0.2) is 48.6 Å². The summed E-state index contributed by atoms with van der Waals surface area (Å²) in [6.07, 6.45) is 3.92. The van der Waals surface area contributed by atoms with Crippen LogP contribution in [0.1, 0.15) is 32.6 Å². The van der Waals surface area contributed by atoms with E-state index in [0.29, 0.717) is 18.8 Å². The summed E-state index contributed by atoms with van der Waals surface area (Å²) in [6, 6.07) is 11.9. The van der Waals surface area contributed by atoms with E-state index in [1.807, 2.05) is 36.4 Å². The Labute approximate surface area is 145 Å². The Kier molecular flexibility index (Phi) is 6.92. The number of carbonyl (C=O) groups excluding carboxylic acids is 1. The van der Waals surface area contributed by atoms with E-state index >= 15 is 0 Å². The number of hydrogen-bond acceptors (Lipinski definition) is 3. The molecule has 0 spiro atoms. The van der Waals surface area contributed by atoms with Crippen molar-refractivity contribution in [2.45, 2.75) is 32.6 Å². The summed E-state index contributed by atoms with van der Waals surface area (Å²) in [4.78, 5) is 11.2. The zero-order valence-electron chi connectivity index (χ0n) is 14.2. The Hall–Kier alpha value is -2.23. The average molecular weight is 322 g/mol. The molecule has 0 fully saturated rings. The van der Waals surface area contributed by atoms with E-state index in [1.54, 1.807) is 6.92 Å². The van der Waals surface area contributed by atoms with E-state index in [-0.39, 0.29) is 5.97 Å². The van der Waals surface area contributed by atoms with Gasteiger partial charge in [-0.1, -0.05) is 36.3 Å². The first-order valence-corrected chi connectivity index (χ1v) is 8.31. The molecule has 0 bridgehead atoms. The Bertz CT molecular complexity index is 709. The lowest BCUT2D eigenvalue weighted by molar-refractivity contribution is -0.139. The van der Waals surface area contributed by atoms with Gasteiger partial charge >= 0.3 is 5.97 Å². The lowest BCUT2D eigenvalue weighted by atomic mass is 9.93. The van der Waals surface area contributed by atoms with Crippen LogP contribution in [-0.2, 0) is 9.53 Å². The van der Waals surface area contributed by atoms with Crippen LogP contribution in [0.5, 0.6) is 5.75 Å². The molecule has 0 heterocycles. The predicted octanol–water partition coefficient (Wildman–Crippen LogP) is 3.69. The minimum Gasteiger partial charge on any atom is -0.494 e. The summed E-state index contributed by atoms with van der Waals surface area (Å²) >= 11 is 0. The minimum absolute atomic E-state index is 0.309. The number of fused-ring (bicyclic) bond motifs is 1. The maximum atomic E-state index is 11.2. The average Bonchev–Trinajstić information content (AvgIpc) is 2.56. The van der Waals surface area contributed by atoms with Crippen molar-refractivity contribution in [1.29, 1.82) is 0 Å². The molecule has 0 aliphatic heterocycles. The van der Waals surface area contributed by atoms with Crippen LogP contribution in [0, 0.1) is 0 Å². The second-order valence-electron chi connectivity index (χ2n) is 5.95. The molecule has 0 saturated carbocycles. The first kappa shape index (κ1) is 18.1. The zero-order valence-corrected chi connectivity index (χ0v) is 14.2. The van der Waals surface area contributed by atoms with Gasteiger partial charge in [0.15, 0.2) is 0 Å². The number of rotatable bonds is 9. The Morgan fingerprint density at radius 3 is 2.42 bits per heavy atom. The molecule has 4 heteroatoms. The smallest absolute Gasteiger partial charge is 0.333 e. The third kappa shape index (κ3) is 5.76. The molecule has 0 saturated heterocycles. The molecule has 0 amide bonds. The maximum Gasteiger partial charge on any atom is 0.333 e. The summed E-state index contributed by atoms with van der Waals surface area (Å²) in [6.45, 7) is 6.35. The van der Waals surface area contributed by atoms with E-state index in [1.165, 1.54) is 0 Å². The number of benzene rings is 2. The first-order chi connectivity index (χ1) is 11.6. The van der Waals surface area contributed by atoms with Gasteiger partial charge in [0, 0.05) is 5.57 Å². The topological polar surface area (TPSA) is 35.5 Å². The van der Waals surface area contributed by atoms with E-state index in [9.17, 15) is 4.79 Å². The quantitative estimate of drug-likeness (QED) is 0.306. The molecule has 2 rings (SSSR count). The standard InChI is InChI=1S/C20H23BO3/c1-15(2)20(22)24-12-6-4-3-5-11-23-19-10-8-16-13-18(21)9-7-17(16)14-19/h7-10,13-14H,1,3-6,11-12H2,2H3. The highest BCUT2D eigenvalue weighted by molar-refractivity contribution is 6.33. The molecule has 0 atom stereocenters. The van der Waals surface area contributed by atoms with Crippen molar-refractivity contribution in [3.63, 3.8) is 0 Å². The molecule has 124 valence electrons.